The number of amides is 1. The van der Waals surface area contributed by atoms with Crippen molar-refractivity contribution < 1.29 is 4.79 Å². The Labute approximate surface area is 194 Å². The average molecular weight is 456 g/mol. The molecule has 2 heterocycles. The minimum atomic E-state index is -0.201. The fourth-order valence-electron chi connectivity index (χ4n) is 3.53. The first-order valence-corrected chi connectivity index (χ1v) is 11.3. The summed E-state index contributed by atoms with van der Waals surface area (Å²) in [6.07, 6.45) is 2.54. The monoisotopic (exact) mass is 455 g/mol. The second-order valence-corrected chi connectivity index (χ2v) is 8.88. The van der Waals surface area contributed by atoms with Crippen LogP contribution >= 0.6 is 22.9 Å². The number of aromatic nitrogens is 2. The highest BCUT2D eigenvalue weighted by Crippen LogP contribution is 2.27. The van der Waals surface area contributed by atoms with E-state index in [-0.39, 0.29) is 5.91 Å². The van der Waals surface area contributed by atoms with Crippen LogP contribution in [-0.2, 0) is 6.42 Å². The molecule has 4 nitrogen and oxygen atoms in total. The Balaban J connectivity index is 1.42. The third-order valence-corrected chi connectivity index (χ3v) is 6.26. The van der Waals surface area contributed by atoms with Gasteiger partial charge in [0.25, 0.3) is 5.91 Å². The number of carbonyl (C=O) groups is 1. The molecule has 0 aliphatic carbocycles. The molecule has 1 amide bonds. The summed E-state index contributed by atoms with van der Waals surface area (Å²) in [6, 6.07) is 27.1. The Hall–Kier alpha value is -3.54. The molecule has 0 radical (unpaired) electrons. The maximum atomic E-state index is 13.2. The van der Waals surface area contributed by atoms with Crippen LogP contribution in [0.15, 0.2) is 91.1 Å². The molecule has 0 saturated carbocycles. The van der Waals surface area contributed by atoms with Crippen molar-refractivity contribution in [1.29, 1.82) is 0 Å². The van der Waals surface area contributed by atoms with Gasteiger partial charge in [-0.1, -0.05) is 72.3 Å². The van der Waals surface area contributed by atoms with Gasteiger partial charge in [0.05, 0.1) is 16.8 Å². The summed E-state index contributed by atoms with van der Waals surface area (Å²) in [6.45, 7) is 0. The summed E-state index contributed by atoms with van der Waals surface area (Å²) in [7, 11) is 0. The van der Waals surface area contributed by atoms with E-state index in [4.69, 9.17) is 16.6 Å². The third-order valence-electron chi connectivity index (χ3n) is 5.10. The highest BCUT2D eigenvalue weighted by Gasteiger charge is 2.15. The standard InChI is InChI=1S/C26H18ClN3OS/c27-19-12-10-17(11-13-19)14-20-16-28-26(32-20)30-25(31)22-15-24(18-6-2-1-3-7-18)29-23-9-5-4-8-21(22)23/h1-13,15-16H,14H2,(H,28,30,31). The molecule has 0 unspecified atom stereocenters. The summed E-state index contributed by atoms with van der Waals surface area (Å²) in [5.41, 5.74) is 4.22. The Morgan fingerprint density at radius 3 is 2.50 bits per heavy atom. The Kier molecular flexibility index (Phi) is 5.67. The van der Waals surface area contributed by atoms with Crippen LogP contribution < -0.4 is 5.32 Å². The SMILES string of the molecule is O=C(Nc1ncc(Cc2ccc(Cl)cc2)s1)c1cc(-c2ccccc2)nc2ccccc12. The molecule has 6 heteroatoms. The van der Waals surface area contributed by atoms with Crippen LogP contribution in [0.4, 0.5) is 5.13 Å². The van der Waals surface area contributed by atoms with E-state index in [9.17, 15) is 4.79 Å². The number of anilines is 1. The summed E-state index contributed by atoms with van der Waals surface area (Å²) < 4.78 is 0. The van der Waals surface area contributed by atoms with Gasteiger partial charge in [-0.25, -0.2) is 9.97 Å². The van der Waals surface area contributed by atoms with Crippen LogP contribution in [-0.4, -0.2) is 15.9 Å². The highest BCUT2D eigenvalue weighted by atomic mass is 35.5. The Morgan fingerprint density at radius 1 is 0.938 bits per heavy atom. The quantitative estimate of drug-likeness (QED) is 0.315. The van der Waals surface area contributed by atoms with Crippen molar-refractivity contribution in [3.8, 4) is 11.3 Å². The second-order valence-electron chi connectivity index (χ2n) is 7.33. The molecule has 5 aromatic rings. The van der Waals surface area contributed by atoms with Gasteiger partial charge in [-0.3, -0.25) is 10.1 Å². The van der Waals surface area contributed by atoms with Gasteiger partial charge < -0.3 is 0 Å². The molecule has 0 bridgehead atoms. The molecule has 0 aliphatic rings. The first kappa shape index (κ1) is 20.4. The number of thiazole rings is 1. The van der Waals surface area contributed by atoms with Gasteiger partial charge in [0.2, 0.25) is 0 Å². The number of hydrogen-bond donors (Lipinski definition) is 1. The normalized spacial score (nSPS) is 10.9. The van der Waals surface area contributed by atoms with Gasteiger partial charge in [-0.2, -0.15) is 0 Å². The van der Waals surface area contributed by atoms with Gasteiger partial charge in [-0.15, -0.1) is 11.3 Å². The van der Waals surface area contributed by atoms with Gasteiger partial charge in [0.1, 0.15) is 0 Å². The zero-order chi connectivity index (χ0) is 21.9. The number of carbonyl (C=O) groups excluding carboxylic acids is 1. The van der Waals surface area contributed by atoms with Crippen LogP contribution in [0.1, 0.15) is 20.8 Å². The molecule has 0 saturated heterocycles. The van der Waals surface area contributed by atoms with Crippen LogP contribution in [0.5, 0.6) is 0 Å². The zero-order valence-electron chi connectivity index (χ0n) is 17.0. The zero-order valence-corrected chi connectivity index (χ0v) is 18.5. The van der Waals surface area contributed by atoms with Crippen LogP contribution in [0.2, 0.25) is 5.02 Å². The lowest BCUT2D eigenvalue weighted by molar-refractivity contribution is 0.102. The minimum absolute atomic E-state index is 0.201. The number of pyridine rings is 1. The Bertz CT molecular complexity index is 1400. The Morgan fingerprint density at radius 2 is 1.69 bits per heavy atom. The minimum Gasteiger partial charge on any atom is -0.298 e. The predicted molar refractivity (Wildman–Crippen MR) is 132 cm³/mol. The lowest BCUT2D eigenvalue weighted by Crippen LogP contribution is -2.12. The number of halogens is 1. The van der Waals surface area contributed by atoms with E-state index in [1.165, 1.54) is 11.3 Å². The summed E-state index contributed by atoms with van der Waals surface area (Å²) >= 11 is 7.43. The fraction of sp³-hybridized carbons (Fsp3) is 0.0385. The molecule has 156 valence electrons. The first-order chi connectivity index (χ1) is 15.7. The van der Waals surface area contributed by atoms with Gasteiger partial charge >= 0.3 is 0 Å². The molecule has 3 aromatic carbocycles. The second kappa shape index (κ2) is 8.91. The van der Waals surface area contributed by atoms with E-state index in [2.05, 4.69) is 10.3 Å². The van der Waals surface area contributed by atoms with Crippen LogP contribution in [0.3, 0.4) is 0 Å². The van der Waals surface area contributed by atoms with Crippen molar-refractivity contribution in [2.45, 2.75) is 6.42 Å². The van der Waals surface area contributed by atoms with Gasteiger partial charge in [0.15, 0.2) is 5.13 Å². The average Bonchev–Trinajstić information content (AvgIpc) is 3.27. The molecule has 2 aromatic heterocycles. The van der Waals surface area contributed by atoms with Gasteiger partial charge in [-0.05, 0) is 29.8 Å². The van der Waals surface area contributed by atoms with E-state index in [1.807, 2.05) is 84.9 Å². The molecule has 5 rings (SSSR count). The number of hydrogen-bond acceptors (Lipinski definition) is 4. The van der Waals surface area contributed by atoms with E-state index < -0.39 is 0 Å². The maximum absolute atomic E-state index is 13.2. The first-order valence-electron chi connectivity index (χ1n) is 10.1. The van der Waals surface area contributed by atoms with Crippen molar-refractivity contribution in [1.82, 2.24) is 9.97 Å². The largest absolute Gasteiger partial charge is 0.298 e. The van der Waals surface area contributed by atoms with Crippen molar-refractivity contribution in [2.75, 3.05) is 5.32 Å². The molecule has 0 fully saturated rings. The highest BCUT2D eigenvalue weighted by molar-refractivity contribution is 7.15. The molecule has 0 atom stereocenters. The predicted octanol–water partition coefficient (Wildman–Crippen LogP) is 6.85. The summed E-state index contributed by atoms with van der Waals surface area (Å²) in [5.74, 6) is -0.201. The molecular formula is C26H18ClN3OS. The van der Waals surface area contributed by atoms with Crippen LogP contribution in [0, 0.1) is 0 Å². The number of nitrogens with zero attached hydrogens (tertiary/aromatic N) is 2. The van der Waals surface area contributed by atoms with E-state index >= 15 is 0 Å². The van der Waals surface area contributed by atoms with E-state index in [1.54, 1.807) is 6.20 Å². The van der Waals surface area contributed by atoms with Crippen molar-refractivity contribution in [3.63, 3.8) is 0 Å². The van der Waals surface area contributed by atoms with Crippen molar-refractivity contribution in [2.24, 2.45) is 0 Å². The van der Waals surface area contributed by atoms with E-state index in [0.717, 1.165) is 39.0 Å². The number of benzene rings is 3. The fourth-order valence-corrected chi connectivity index (χ4v) is 4.50. The molecule has 1 N–H and O–H groups in total. The number of fused-ring (bicyclic) bond motifs is 1. The third kappa shape index (κ3) is 4.40. The lowest BCUT2D eigenvalue weighted by atomic mass is 10.0. The lowest BCUT2D eigenvalue weighted by Gasteiger charge is -2.09. The molecule has 0 aliphatic heterocycles. The molecule has 32 heavy (non-hydrogen) atoms. The number of rotatable bonds is 5. The smallest absolute Gasteiger partial charge is 0.258 e. The number of nitrogens with one attached hydrogen (secondary N) is 1. The molecule has 0 spiro atoms. The summed E-state index contributed by atoms with van der Waals surface area (Å²) in [4.78, 5) is 23.4. The van der Waals surface area contributed by atoms with E-state index in [0.29, 0.717) is 15.7 Å². The van der Waals surface area contributed by atoms with Crippen LogP contribution in [0.25, 0.3) is 22.2 Å². The summed E-state index contributed by atoms with van der Waals surface area (Å²) in [5, 5.41) is 5.06. The topological polar surface area (TPSA) is 54.9 Å². The number of para-hydroxylation sites is 1. The van der Waals surface area contributed by atoms with Crippen molar-refractivity contribution in [3.05, 3.63) is 112 Å². The van der Waals surface area contributed by atoms with Gasteiger partial charge in [0, 0.05) is 33.5 Å². The maximum Gasteiger partial charge on any atom is 0.258 e. The molecular weight excluding hydrogens is 438 g/mol. The van der Waals surface area contributed by atoms with Crippen molar-refractivity contribution >= 4 is 44.9 Å².